The summed E-state index contributed by atoms with van der Waals surface area (Å²) < 4.78 is 17.9. The molecular formula is C25H25N3O7. The second kappa shape index (κ2) is 8.72. The normalized spacial score (nSPS) is 16.7. The van der Waals surface area contributed by atoms with Gasteiger partial charge in [0.2, 0.25) is 6.79 Å². The summed E-state index contributed by atoms with van der Waals surface area (Å²) in [4.78, 5) is 34.3. The molecule has 1 saturated heterocycles. The number of ether oxygens (including phenoxy) is 3. The smallest absolute Gasteiger partial charge is 0.260 e. The highest BCUT2D eigenvalue weighted by Gasteiger charge is 2.36. The van der Waals surface area contributed by atoms with Crippen LogP contribution in [0, 0.1) is 0 Å². The fraction of sp³-hybridized carbons (Fsp3) is 0.400. The van der Waals surface area contributed by atoms with Crippen LogP contribution in [0.2, 0.25) is 0 Å². The van der Waals surface area contributed by atoms with Crippen LogP contribution in [0.15, 0.2) is 23.0 Å². The van der Waals surface area contributed by atoms with E-state index in [4.69, 9.17) is 14.2 Å². The van der Waals surface area contributed by atoms with Crippen LogP contribution in [0.4, 0.5) is 0 Å². The summed E-state index contributed by atoms with van der Waals surface area (Å²) in [6.07, 6.45) is 0.702. The van der Waals surface area contributed by atoms with Crippen molar-refractivity contribution in [1.29, 1.82) is 0 Å². The van der Waals surface area contributed by atoms with Crippen LogP contribution in [0.1, 0.15) is 33.5 Å². The van der Waals surface area contributed by atoms with E-state index in [1.54, 1.807) is 22.8 Å². The number of pyridine rings is 2. The second-order valence-electron chi connectivity index (χ2n) is 8.89. The Labute approximate surface area is 200 Å². The number of hydrogen-bond donors (Lipinski definition) is 2. The monoisotopic (exact) mass is 479 g/mol. The zero-order valence-electron chi connectivity index (χ0n) is 19.1. The molecule has 35 heavy (non-hydrogen) atoms. The molecule has 1 aromatic carbocycles. The van der Waals surface area contributed by atoms with Gasteiger partial charge in [0.15, 0.2) is 11.5 Å². The minimum atomic E-state index is -0.323. The molecule has 0 spiro atoms. The third-order valence-electron chi connectivity index (χ3n) is 6.95. The number of aromatic nitrogens is 2. The van der Waals surface area contributed by atoms with Crippen molar-refractivity contribution in [3.63, 3.8) is 0 Å². The maximum absolute atomic E-state index is 13.8. The molecule has 0 bridgehead atoms. The molecule has 0 atom stereocenters. The van der Waals surface area contributed by atoms with Crippen LogP contribution < -0.4 is 15.0 Å². The quantitative estimate of drug-likeness (QED) is 0.418. The minimum absolute atomic E-state index is 0.0279. The standard InChI is InChI=1S/C25H25N3O7/c29-11-14-8-16-17(9-15(14)12-30)25(32)28(3-1-2-27-4-6-33-7-5-27)22-20(16)23(31)18-10-19-24(26-21(18)22)35-13-34-19/h8-10,29-30H,1-7,11-13H2. The average Bonchev–Trinajstić information content (AvgIpc) is 3.46. The lowest BCUT2D eigenvalue weighted by Crippen LogP contribution is -2.37. The lowest BCUT2D eigenvalue weighted by molar-refractivity contribution is 0.0369. The first kappa shape index (κ1) is 22.2. The zero-order chi connectivity index (χ0) is 24.1. The Morgan fingerprint density at radius 3 is 2.43 bits per heavy atom. The molecule has 0 amide bonds. The molecule has 1 fully saturated rings. The highest BCUT2D eigenvalue weighted by molar-refractivity contribution is 6.26. The van der Waals surface area contributed by atoms with E-state index in [0.717, 1.165) is 19.6 Å². The summed E-state index contributed by atoms with van der Waals surface area (Å²) in [6, 6.07) is 4.83. The van der Waals surface area contributed by atoms with Crippen molar-refractivity contribution in [3.05, 3.63) is 50.8 Å². The fourth-order valence-electron chi connectivity index (χ4n) is 5.17. The van der Waals surface area contributed by atoms with Gasteiger partial charge in [0.1, 0.15) is 5.69 Å². The largest absolute Gasteiger partial charge is 0.452 e. The van der Waals surface area contributed by atoms with Gasteiger partial charge in [0.05, 0.1) is 43.2 Å². The van der Waals surface area contributed by atoms with Gasteiger partial charge >= 0.3 is 0 Å². The molecule has 3 aromatic rings. The van der Waals surface area contributed by atoms with Crippen LogP contribution >= 0.6 is 0 Å². The van der Waals surface area contributed by atoms with Crippen molar-refractivity contribution in [2.75, 3.05) is 39.6 Å². The number of carbonyl (C=O) groups is 1. The molecule has 2 aromatic heterocycles. The van der Waals surface area contributed by atoms with Crippen molar-refractivity contribution in [3.8, 4) is 23.0 Å². The highest BCUT2D eigenvalue weighted by Crippen LogP contribution is 2.43. The highest BCUT2D eigenvalue weighted by atomic mass is 16.7. The topological polar surface area (TPSA) is 123 Å². The van der Waals surface area contributed by atoms with E-state index in [0.29, 0.717) is 82.2 Å². The van der Waals surface area contributed by atoms with Crippen LogP contribution in [0.25, 0.3) is 22.2 Å². The minimum Gasteiger partial charge on any atom is -0.452 e. The van der Waals surface area contributed by atoms with Crippen molar-refractivity contribution in [2.24, 2.45) is 0 Å². The average molecular weight is 479 g/mol. The Morgan fingerprint density at radius 1 is 0.943 bits per heavy atom. The third-order valence-corrected chi connectivity index (χ3v) is 6.95. The van der Waals surface area contributed by atoms with E-state index >= 15 is 0 Å². The first-order chi connectivity index (χ1) is 17.1. The van der Waals surface area contributed by atoms with Crippen LogP contribution in [-0.4, -0.2) is 70.1 Å². The first-order valence-electron chi connectivity index (χ1n) is 11.7. The number of aliphatic hydroxyl groups excluding tert-OH is 2. The second-order valence-corrected chi connectivity index (χ2v) is 8.89. The van der Waals surface area contributed by atoms with Crippen molar-refractivity contribution >= 4 is 16.6 Å². The Morgan fingerprint density at radius 2 is 1.69 bits per heavy atom. The molecule has 1 aliphatic carbocycles. The predicted molar refractivity (Wildman–Crippen MR) is 125 cm³/mol. The van der Waals surface area contributed by atoms with Gasteiger partial charge in [-0.1, -0.05) is 0 Å². The summed E-state index contributed by atoms with van der Waals surface area (Å²) >= 11 is 0. The number of hydrogen-bond acceptors (Lipinski definition) is 9. The number of fused-ring (bicyclic) bond motifs is 6. The Hall–Kier alpha value is -3.31. The maximum Gasteiger partial charge on any atom is 0.260 e. The van der Waals surface area contributed by atoms with Gasteiger partial charge < -0.3 is 29.0 Å². The molecule has 2 N–H and O–H groups in total. The van der Waals surface area contributed by atoms with Crippen LogP contribution in [-0.2, 0) is 24.5 Å². The number of morpholine rings is 1. The summed E-state index contributed by atoms with van der Waals surface area (Å²) in [6.45, 7) is 3.66. The summed E-state index contributed by atoms with van der Waals surface area (Å²) in [5, 5.41) is 20.4. The van der Waals surface area contributed by atoms with Crippen LogP contribution in [0.5, 0.6) is 11.6 Å². The lowest BCUT2D eigenvalue weighted by Gasteiger charge is -2.26. The van der Waals surface area contributed by atoms with Crippen molar-refractivity contribution in [2.45, 2.75) is 26.2 Å². The molecule has 0 unspecified atom stereocenters. The molecule has 2 aliphatic heterocycles. The van der Waals surface area contributed by atoms with Gasteiger partial charge in [-0.05, 0) is 35.7 Å². The molecule has 10 nitrogen and oxygen atoms in total. The maximum atomic E-state index is 13.8. The van der Waals surface area contributed by atoms with E-state index < -0.39 is 0 Å². The summed E-state index contributed by atoms with van der Waals surface area (Å²) in [7, 11) is 0. The Balaban J connectivity index is 1.53. The van der Waals surface area contributed by atoms with Gasteiger partial charge in [-0.25, -0.2) is 4.98 Å². The van der Waals surface area contributed by atoms with E-state index in [2.05, 4.69) is 9.88 Å². The Kier molecular flexibility index (Phi) is 5.53. The summed E-state index contributed by atoms with van der Waals surface area (Å²) in [5.74, 6) is 0.436. The number of nitrogens with zero attached hydrogens (tertiary/aromatic N) is 3. The molecule has 4 heterocycles. The number of ketones is 1. The van der Waals surface area contributed by atoms with Gasteiger partial charge in [0, 0.05) is 37.0 Å². The molecule has 10 heteroatoms. The number of aliphatic hydroxyl groups is 2. The fourth-order valence-corrected chi connectivity index (χ4v) is 5.17. The van der Waals surface area contributed by atoms with E-state index in [1.165, 1.54) is 0 Å². The number of benzene rings is 1. The molecule has 3 aliphatic rings. The van der Waals surface area contributed by atoms with E-state index in [1.807, 2.05) is 0 Å². The van der Waals surface area contributed by atoms with Gasteiger partial charge in [-0.2, -0.15) is 0 Å². The third kappa shape index (κ3) is 3.52. The van der Waals surface area contributed by atoms with Crippen molar-refractivity contribution < 1.29 is 29.2 Å². The van der Waals surface area contributed by atoms with Crippen LogP contribution in [0.3, 0.4) is 0 Å². The van der Waals surface area contributed by atoms with Gasteiger partial charge in [-0.15, -0.1) is 0 Å². The van der Waals surface area contributed by atoms with E-state index in [-0.39, 0.29) is 31.3 Å². The molecule has 182 valence electrons. The Bertz CT molecular complexity index is 1410. The molecule has 0 saturated carbocycles. The lowest BCUT2D eigenvalue weighted by atomic mass is 9.97. The van der Waals surface area contributed by atoms with Gasteiger partial charge in [-0.3, -0.25) is 14.5 Å². The zero-order valence-corrected chi connectivity index (χ0v) is 19.1. The van der Waals surface area contributed by atoms with Crippen molar-refractivity contribution in [1.82, 2.24) is 14.5 Å². The first-order valence-corrected chi connectivity index (χ1v) is 11.7. The number of rotatable bonds is 6. The molecular weight excluding hydrogens is 454 g/mol. The predicted octanol–water partition coefficient (Wildman–Crippen LogP) is 1.04. The number of carbonyl (C=O) groups excluding carboxylic acids is 1. The van der Waals surface area contributed by atoms with E-state index in [9.17, 15) is 19.8 Å². The van der Waals surface area contributed by atoms with Gasteiger partial charge in [0.25, 0.3) is 11.4 Å². The SMILES string of the molecule is O=C1c2cc3c(nc2-c2c1c1cc(CO)c(CO)cc1c(=O)n2CCCN1CCOCC1)OCO3. The summed E-state index contributed by atoms with van der Waals surface area (Å²) in [5.41, 5.74) is 2.25. The molecule has 6 rings (SSSR count). The molecule has 0 radical (unpaired) electrons.